The van der Waals surface area contributed by atoms with Crippen LogP contribution in [0.2, 0.25) is 0 Å². The van der Waals surface area contributed by atoms with Crippen LogP contribution < -0.4 is 0 Å². The molecule has 0 N–H and O–H groups in total. The number of carbonyl (C=O) groups excluding carboxylic acids is 1. The Morgan fingerprint density at radius 2 is 1.96 bits per heavy atom. The van der Waals surface area contributed by atoms with Crippen LogP contribution in [0, 0.1) is 12.8 Å². The van der Waals surface area contributed by atoms with Gasteiger partial charge in [0, 0.05) is 62.1 Å². The molecule has 132 valence electrons. The summed E-state index contributed by atoms with van der Waals surface area (Å²) in [6.45, 7) is 5.10. The van der Waals surface area contributed by atoms with Gasteiger partial charge in [0.05, 0.1) is 6.04 Å². The number of rotatable bonds is 3. The van der Waals surface area contributed by atoms with Gasteiger partial charge in [-0.05, 0) is 38.3 Å². The Balaban J connectivity index is 1.52. The van der Waals surface area contributed by atoms with E-state index in [1.807, 2.05) is 23.2 Å². The van der Waals surface area contributed by atoms with Gasteiger partial charge in [-0.2, -0.15) is 0 Å². The maximum Gasteiger partial charge on any atom is 0.225 e. The van der Waals surface area contributed by atoms with E-state index in [0.29, 0.717) is 19.1 Å². The highest BCUT2D eigenvalue weighted by atomic mass is 16.5. The summed E-state index contributed by atoms with van der Waals surface area (Å²) in [5.74, 6) is 1.40. The zero-order valence-corrected chi connectivity index (χ0v) is 14.6. The Hall–Kier alpha value is -2.21. The molecule has 0 aromatic carbocycles. The molecule has 4 heterocycles. The highest BCUT2D eigenvalue weighted by Crippen LogP contribution is 2.31. The molecule has 6 heteroatoms. The van der Waals surface area contributed by atoms with E-state index in [0.717, 1.165) is 49.4 Å². The zero-order chi connectivity index (χ0) is 17.2. The van der Waals surface area contributed by atoms with Gasteiger partial charge >= 0.3 is 0 Å². The molecule has 0 bridgehead atoms. The van der Waals surface area contributed by atoms with E-state index in [-0.39, 0.29) is 12.0 Å². The van der Waals surface area contributed by atoms with Gasteiger partial charge < -0.3 is 14.2 Å². The maximum absolute atomic E-state index is 12.8. The number of hydrogen-bond acceptors (Lipinski definition) is 4. The molecule has 2 aliphatic heterocycles. The minimum atomic E-state index is 0.135. The van der Waals surface area contributed by atoms with Crippen molar-refractivity contribution in [1.82, 2.24) is 19.4 Å². The molecule has 25 heavy (non-hydrogen) atoms. The van der Waals surface area contributed by atoms with Crippen molar-refractivity contribution in [3.05, 3.63) is 36.4 Å². The second kappa shape index (κ2) is 6.96. The fourth-order valence-corrected chi connectivity index (χ4v) is 3.98. The quantitative estimate of drug-likeness (QED) is 0.861. The standard InChI is InChI=1S/C19H24N4O2/c1-14-12-21-18(15-2-7-20-8-3-15)23(14)17-4-9-22(13-17)19(24)16-5-10-25-11-6-16/h2-3,7-8,12,16-17H,4-6,9-11,13H2,1H3. The number of likely N-dealkylation sites (tertiary alicyclic amines) is 1. The number of aryl methyl sites for hydroxylation is 1. The van der Waals surface area contributed by atoms with Crippen LogP contribution in [0.3, 0.4) is 0 Å². The smallest absolute Gasteiger partial charge is 0.225 e. The molecule has 1 unspecified atom stereocenters. The molecule has 0 aliphatic carbocycles. The number of nitrogens with zero attached hydrogens (tertiary/aromatic N) is 4. The first-order valence-electron chi connectivity index (χ1n) is 9.05. The normalized spacial score (nSPS) is 21.6. The lowest BCUT2D eigenvalue weighted by molar-refractivity contribution is -0.137. The number of amides is 1. The third-order valence-electron chi connectivity index (χ3n) is 5.33. The molecule has 0 spiro atoms. The Kier molecular flexibility index (Phi) is 4.53. The molecular weight excluding hydrogens is 316 g/mol. The van der Waals surface area contributed by atoms with Gasteiger partial charge in [-0.15, -0.1) is 0 Å². The van der Waals surface area contributed by atoms with Crippen molar-refractivity contribution >= 4 is 5.91 Å². The second-order valence-electron chi connectivity index (χ2n) is 6.94. The van der Waals surface area contributed by atoms with Gasteiger partial charge in [0.2, 0.25) is 5.91 Å². The molecule has 2 aromatic rings. The van der Waals surface area contributed by atoms with Crippen molar-refractivity contribution < 1.29 is 9.53 Å². The third-order valence-corrected chi connectivity index (χ3v) is 5.33. The van der Waals surface area contributed by atoms with Gasteiger partial charge in [-0.25, -0.2) is 4.98 Å². The third kappa shape index (κ3) is 3.18. The molecule has 0 saturated carbocycles. The van der Waals surface area contributed by atoms with Crippen LogP contribution in [-0.2, 0) is 9.53 Å². The predicted octanol–water partition coefficient (Wildman–Crippen LogP) is 2.45. The van der Waals surface area contributed by atoms with Gasteiger partial charge in [-0.3, -0.25) is 9.78 Å². The van der Waals surface area contributed by atoms with Crippen LogP contribution >= 0.6 is 0 Å². The lowest BCUT2D eigenvalue weighted by Gasteiger charge is -2.26. The van der Waals surface area contributed by atoms with Crippen LogP contribution in [-0.4, -0.2) is 51.6 Å². The summed E-state index contributed by atoms with van der Waals surface area (Å²) in [4.78, 5) is 23.5. The number of imidazole rings is 1. The molecule has 2 saturated heterocycles. The summed E-state index contributed by atoms with van der Waals surface area (Å²) in [5, 5.41) is 0. The fourth-order valence-electron chi connectivity index (χ4n) is 3.98. The Bertz CT molecular complexity index is 737. The van der Waals surface area contributed by atoms with Gasteiger partial charge in [0.25, 0.3) is 0 Å². The summed E-state index contributed by atoms with van der Waals surface area (Å²) in [7, 11) is 0. The van der Waals surface area contributed by atoms with Crippen molar-refractivity contribution in [3.63, 3.8) is 0 Å². The molecule has 6 nitrogen and oxygen atoms in total. The predicted molar refractivity (Wildman–Crippen MR) is 94.0 cm³/mol. The van der Waals surface area contributed by atoms with Gasteiger partial charge in [0.1, 0.15) is 5.82 Å². The molecule has 2 aliphatic rings. The van der Waals surface area contributed by atoms with Crippen LogP contribution in [0.1, 0.15) is 31.0 Å². The van der Waals surface area contributed by atoms with E-state index >= 15 is 0 Å². The van der Waals surface area contributed by atoms with Gasteiger partial charge in [0.15, 0.2) is 0 Å². The molecular formula is C19H24N4O2. The number of hydrogen-bond donors (Lipinski definition) is 0. The Labute approximate surface area is 147 Å². The van der Waals surface area contributed by atoms with E-state index in [9.17, 15) is 4.79 Å². The van der Waals surface area contributed by atoms with E-state index in [1.165, 1.54) is 0 Å². The summed E-state index contributed by atoms with van der Waals surface area (Å²) < 4.78 is 7.67. The fraction of sp³-hybridized carbons (Fsp3) is 0.526. The van der Waals surface area contributed by atoms with Crippen molar-refractivity contribution in [2.24, 2.45) is 5.92 Å². The van der Waals surface area contributed by atoms with E-state index in [2.05, 4.69) is 21.5 Å². The highest BCUT2D eigenvalue weighted by molar-refractivity contribution is 5.79. The van der Waals surface area contributed by atoms with Crippen molar-refractivity contribution in [3.8, 4) is 11.4 Å². The zero-order valence-electron chi connectivity index (χ0n) is 14.6. The topological polar surface area (TPSA) is 60.2 Å². The molecule has 1 atom stereocenters. The SMILES string of the molecule is Cc1cnc(-c2ccncc2)n1C1CCN(C(=O)C2CCOCC2)C1. The summed E-state index contributed by atoms with van der Waals surface area (Å²) in [5.41, 5.74) is 2.20. The first-order chi connectivity index (χ1) is 12.2. The van der Waals surface area contributed by atoms with E-state index in [4.69, 9.17) is 4.74 Å². The van der Waals surface area contributed by atoms with Crippen LogP contribution in [0.5, 0.6) is 0 Å². The van der Waals surface area contributed by atoms with Crippen molar-refractivity contribution in [1.29, 1.82) is 0 Å². The highest BCUT2D eigenvalue weighted by Gasteiger charge is 2.33. The molecule has 1 amide bonds. The first-order valence-corrected chi connectivity index (χ1v) is 9.05. The average Bonchev–Trinajstić information content (AvgIpc) is 3.29. The Morgan fingerprint density at radius 3 is 2.72 bits per heavy atom. The number of pyridine rings is 1. The van der Waals surface area contributed by atoms with Gasteiger partial charge in [-0.1, -0.05) is 0 Å². The second-order valence-corrected chi connectivity index (χ2v) is 6.94. The number of aromatic nitrogens is 3. The van der Waals surface area contributed by atoms with Crippen LogP contribution in [0.25, 0.3) is 11.4 Å². The van der Waals surface area contributed by atoms with Crippen molar-refractivity contribution in [2.75, 3.05) is 26.3 Å². The minimum Gasteiger partial charge on any atom is -0.381 e. The summed E-state index contributed by atoms with van der Waals surface area (Å²) >= 11 is 0. The molecule has 4 rings (SSSR count). The average molecular weight is 340 g/mol. The lowest BCUT2D eigenvalue weighted by atomic mass is 9.99. The largest absolute Gasteiger partial charge is 0.381 e. The molecule has 2 aromatic heterocycles. The molecule has 2 fully saturated rings. The van der Waals surface area contributed by atoms with E-state index < -0.39 is 0 Å². The summed E-state index contributed by atoms with van der Waals surface area (Å²) in [6, 6.07) is 4.26. The molecule has 0 radical (unpaired) electrons. The maximum atomic E-state index is 12.8. The monoisotopic (exact) mass is 340 g/mol. The van der Waals surface area contributed by atoms with E-state index in [1.54, 1.807) is 12.4 Å². The lowest BCUT2D eigenvalue weighted by Crippen LogP contribution is -2.37. The first kappa shape index (κ1) is 16.3. The summed E-state index contributed by atoms with van der Waals surface area (Å²) in [6.07, 6.45) is 8.18. The number of carbonyl (C=O) groups is 1. The van der Waals surface area contributed by atoms with Crippen molar-refractivity contribution in [2.45, 2.75) is 32.2 Å². The Morgan fingerprint density at radius 1 is 1.20 bits per heavy atom. The minimum absolute atomic E-state index is 0.135. The van der Waals surface area contributed by atoms with Crippen LogP contribution in [0.4, 0.5) is 0 Å². The van der Waals surface area contributed by atoms with Crippen LogP contribution in [0.15, 0.2) is 30.7 Å². The number of ether oxygens (including phenoxy) is 1.